The SMILES string of the molecule is Cc1c(C(=O)Nc2ccc3[nH]nc(C4CC4)c3c2)nc(C(F)F)c(C#N)c1C. The molecule has 142 valence electrons. The summed E-state index contributed by atoms with van der Waals surface area (Å²) in [5.41, 5.74) is 2.16. The molecule has 1 amide bonds. The Hall–Kier alpha value is -3.34. The van der Waals surface area contributed by atoms with E-state index in [0.29, 0.717) is 22.7 Å². The van der Waals surface area contributed by atoms with Gasteiger partial charge in [0.05, 0.1) is 16.8 Å². The van der Waals surface area contributed by atoms with Crippen LogP contribution >= 0.6 is 0 Å². The third-order valence-corrected chi connectivity index (χ3v) is 5.13. The molecule has 0 bridgehead atoms. The highest BCUT2D eigenvalue weighted by atomic mass is 19.3. The molecule has 3 aromatic rings. The molecule has 2 aromatic heterocycles. The largest absolute Gasteiger partial charge is 0.321 e. The van der Waals surface area contributed by atoms with Crippen molar-refractivity contribution in [2.45, 2.75) is 39.0 Å². The Morgan fingerprint density at radius 3 is 2.71 bits per heavy atom. The number of pyridine rings is 1. The number of nitrogens with one attached hydrogen (secondary N) is 2. The second kappa shape index (κ2) is 6.68. The number of rotatable bonds is 4. The topological polar surface area (TPSA) is 94.5 Å². The number of hydrogen-bond acceptors (Lipinski definition) is 4. The highest BCUT2D eigenvalue weighted by Gasteiger charge is 2.28. The molecule has 0 radical (unpaired) electrons. The van der Waals surface area contributed by atoms with E-state index in [1.807, 2.05) is 12.1 Å². The molecule has 6 nitrogen and oxygen atoms in total. The lowest BCUT2D eigenvalue weighted by Crippen LogP contribution is -2.18. The number of benzene rings is 1. The van der Waals surface area contributed by atoms with Crippen molar-refractivity contribution in [3.05, 3.63) is 52.0 Å². The minimum absolute atomic E-state index is 0.110. The molecule has 2 heterocycles. The molecule has 2 N–H and O–H groups in total. The Morgan fingerprint density at radius 2 is 2.07 bits per heavy atom. The summed E-state index contributed by atoms with van der Waals surface area (Å²) < 4.78 is 26.6. The van der Waals surface area contributed by atoms with E-state index >= 15 is 0 Å². The third-order valence-electron chi connectivity index (χ3n) is 5.13. The molecule has 28 heavy (non-hydrogen) atoms. The van der Waals surface area contributed by atoms with E-state index in [2.05, 4.69) is 20.5 Å². The Balaban J connectivity index is 1.70. The lowest BCUT2D eigenvalue weighted by molar-refractivity contribution is 0.101. The minimum Gasteiger partial charge on any atom is -0.321 e. The van der Waals surface area contributed by atoms with Crippen LogP contribution in [0.1, 0.15) is 63.8 Å². The van der Waals surface area contributed by atoms with Crippen molar-refractivity contribution < 1.29 is 13.6 Å². The zero-order valence-corrected chi connectivity index (χ0v) is 15.3. The third kappa shape index (κ3) is 2.99. The summed E-state index contributed by atoms with van der Waals surface area (Å²) in [5.74, 6) is -0.152. The van der Waals surface area contributed by atoms with Crippen LogP contribution in [0.3, 0.4) is 0 Å². The van der Waals surface area contributed by atoms with Crippen molar-refractivity contribution in [1.82, 2.24) is 15.2 Å². The van der Waals surface area contributed by atoms with E-state index in [0.717, 1.165) is 29.4 Å². The number of halogens is 2. The Morgan fingerprint density at radius 1 is 1.32 bits per heavy atom. The van der Waals surface area contributed by atoms with Gasteiger partial charge in [-0.15, -0.1) is 0 Å². The molecule has 1 fully saturated rings. The number of nitrogens with zero attached hydrogens (tertiary/aromatic N) is 3. The Bertz CT molecular complexity index is 1140. The molecule has 0 atom stereocenters. The number of hydrogen-bond donors (Lipinski definition) is 2. The fourth-order valence-corrected chi connectivity index (χ4v) is 3.31. The van der Waals surface area contributed by atoms with Crippen molar-refractivity contribution in [1.29, 1.82) is 5.26 Å². The van der Waals surface area contributed by atoms with E-state index in [9.17, 15) is 13.6 Å². The molecule has 0 saturated heterocycles. The predicted octanol–water partition coefficient (Wildman–Crippen LogP) is 4.51. The molecule has 0 aliphatic heterocycles. The van der Waals surface area contributed by atoms with Crippen molar-refractivity contribution in [2.24, 2.45) is 0 Å². The summed E-state index contributed by atoms with van der Waals surface area (Å²) in [4.78, 5) is 16.5. The van der Waals surface area contributed by atoms with E-state index in [4.69, 9.17) is 5.26 Å². The quantitative estimate of drug-likeness (QED) is 0.695. The average molecular weight is 381 g/mol. The predicted molar refractivity (Wildman–Crippen MR) is 99.4 cm³/mol. The maximum absolute atomic E-state index is 13.3. The van der Waals surface area contributed by atoms with Crippen molar-refractivity contribution >= 4 is 22.5 Å². The van der Waals surface area contributed by atoms with Gasteiger partial charge >= 0.3 is 0 Å². The monoisotopic (exact) mass is 381 g/mol. The zero-order chi connectivity index (χ0) is 20.0. The first-order valence-corrected chi connectivity index (χ1v) is 8.89. The summed E-state index contributed by atoms with van der Waals surface area (Å²) in [7, 11) is 0. The van der Waals surface area contributed by atoms with Gasteiger partial charge in [-0.1, -0.05) is 0 Å². The molecule has 0 unspecified atom stereocenters. The fraction of sp³-hybridized carbons (Fsp3) is 0.300. The maximum atomic E-state index is 13.3. The van der Waals surface area contributed by atoms with Gasteiger partial charge in [0.25, 0.3) is 12.3 Å². The molecule has 8 heteroatoms. The van der Waals surface area contributed by atoms with Gasteiger partial charge in [-0.2, -0.15) is 10.4 Å². The maximum Gasteiger partial charge on any atom is 0.281 e. The molecule has 1 aliphatic rings. The minimum atomic E-state index is -2.94. The van der Waals surface area contributed by atoms with Crippen LogP contribution in [0.25, 0.3) is 10.9 Å². The highest BCUT2D eigenvalue weighted by Crippen LogP contribution is 2.42. The molecular weight excluding hydrogens is 364 g/mol. The number of amides is 1. The van der Waals surface area contributed by atoms with Crippen LogP contribution in [-0.4, -0.2) is 21.1 Å². The smallest absolute Gasteiger partial charge is 0.281 e. The zero-order valence-electron chi connectivity index (χ0n) is 15.3. The van der Waals surface area contributed by atoms with Crippen LogP contribution in [0, 0.1) is 25.2 Å². The number of aromatic amines is 1. The van der Waals surface area contributed by atoms with Crippen molar-refractivity contribution in [3.8, 4) is 6.07 Å². The van der Waals surface area contributed by atoms with Crippen LogP contribution in [-0.2, 0) is 0 Å². The lowest BCUT2D eigenvalue weighted by atomic mass is 10.0. The van der Waals surface area contributed by atoms with Crippen LogP contribution in [0.15, 0.2) is 18.2 Å². The number of carbonyl (C=O) groups is 1. The molecule has 0 spiro atoms. The number of aromatic nitrogens is 3. The van der Waals surface area contributed by atoms with Gasteiger partial charge in [-0.05, 0) is 56.0 Å². The summed E-state index contributed by atoms with van der Waals surface area (Å²) in [5, 5.41) is 20.2. The van der Waals surface area contributed by atoms with Gasteiger partial charge in [-0.3, -0.25) is 9.89 Å². The van der Waals surface area contributed by atoms with Crippen molar-refractivity contribution in [3.63, 3.8) is 0 Å². The summed E-state index contributed by atoms with van der Waals surface area (Å²) in [6.45, 7) is 3.13. The van der Waals surface area contributed by atoms with Crippen LogP contribution in [0.2, 0.25) is 0 Å². The average Bonchev–Trinajstić information content (AvgIpc) is 3.42. The van der Waals surface area contributed by atoms with Gasteiger partial charge in [0.1, 0.15) is 17.5 Å². The van der Waals surface area contributed by atoms with Gasteiger partial charge in [0.2, 0.25) is 0 Å². The second-order valence-electron chi connectivity index (χ2n) is 6.98. The van der Waals surface area contributed by atoms with E-state index in [1.54, 1.807) is 19.1 Å². The number of anilines is 1. The Labute approximate surface area is 159 Å². The van der Waals surface area contributed by atoms with Crippen LogP contribution < -0.4 is 5.32 Å². The van der Waals surface area contributed by atoms with E-state index < -0.39 is 18.0 Å². The first kappa shape index (κ1) is 18.0. The first-order chi connectivity index (χ1) is 13.4. The number of alkyl halides is 2. The highest BCUT2D eigenvalue weighted by molar-refractivity contribution is 6.05. The van der Waals surface area contributed by atoms with Gasteiger partial charge in [-0.25, -0.2) is 13.8 Å². The van der Waals surface area contributed by atoms with E-state index in [1.165, 1.54) is 6.92 Å². The normalized spacial score (nSPS) is 13.7. The number of carbonyl (C=O) groups excluding carboxylic acids is 1. The first-order valence-electron chi connectivity index (χ1n) is 8.89. The van der Waals surface area contributed by atoms with Crippen LogP contribution in [0.5, 0.6) is 0 Å². The number of H-pyrrole nitrogens is 1. The molecule has 1 aromatic carbocycles. The van der Waals surface area contributed by atoms with Gasteiger partial charge in [0.15, 0.2) is 0 Å². The second-order valence-corrected chi connectivity index (χ2v) is 6.98. The fourth-order valence-electron chi connectivity index (χ4n) is 3.31. The summed E-state index contributed by atoms with van der Waals surface area (Å²) >= 11 is 0. The van der Waals surface area contributed by atoms with Crippen LogP contribution in [0.4, 0.5) is 14.5 Å². The van der Waals surface area contributed by atoms with Gasteiger partial charge < -0.3 is 5.32 Å². The van der Waals surface area contributed by atoms with Crippen molar-refractivity contribution in [2.75, 3.05) is 5.32 Å². The summed E-state index contributed by atoms with van der Waals surface area (Å²) in [6, 6.07) is 7.12. The van der Waals surface area contributed by atoms with E-state index in [-0.39, 0.29) is 11.3 Å². The molecular formula is C20H17F2N5O. The Kier molecular flexibility index (Phi) is 4.30. The standard InChI is InChI=1S/C20H17F2N5O/c1-9-10(2)16(25-18(19(21)22)14(9)8-23)20(28)24-12-5-6-15-13(7-12)17(27-26-15)11-3-4-11/h5-7,11,19H,3-4H2,1-2H3,(H,24,28)(H,26,27). The number of fused-ring (bicyclic) bond motifs is 1. The molecule has 1 saturated carbocycles. The number of nitriles is 1. The molecule has 1 aliphatic carbocycles. The van der Waals surface area contributed by atoms with Gasteiger partial charge in [0, 0.05) is 17.0 Å². The summed E-state index contributed by atoms with van der Waals surface area (Å²) in [6.07, 6.45) is -0.745. The lowest BCUT2D eigenvalue weighted by Gasteiger charge is -2.13. The molecule has 4 rings (SSSR count).